The molecule has 0 aliphatic carbocycles. The summed E-state index contributed by atoms with van der Waals surface area (Å²) in [5.74, 6) is 0. The van der Waals surface area contributed by atoms with E-state index < -0.39 is 0 Å². The maximum Gasteiger partial charge on any atom is 0.135 e. The first-order chi connectivity index (χ1) is 16.3. The van der Waals surface area contributed by atoms with Crippen molar-refractivity contribution in [2.45, 2.75) is 0 Å². The molecular weight excluding hydrogens is 402 g/mol. The molecule has 5 aromatic carbocycles. The Kier molecular flexibility index (Phi) is 4.70. The van der Waals surface area contributed by atoms with Crippen molar-refractivity contribution in [2.24, 2.45) is 0 Å². The van der Waals surface area contributed by atoms with E-state index in [0.29, 0.717) is 0 Å². The van der Waals surface area contributed by atoms with Crippen LogP contribution in [0.4, 0.5) is 11.4 Å². The van der Waals surface area contributed by atoms with Crippen molar-refractivity contribution in [3.8, 4) is 22.3 Å². The maximum atomic E-state index is 5.97. The minimum Gasteiger partial charge on any atom is -0.456 e. The van der Waals surface area contributed by atoms with E-state index in [-0.39, 0.29) is 0 Å². The van der Waals surface area contributed by atoms with Crippen molar-refractivity contribution in [2.75, 3.05) is 11.9 Å². The van der Waals surface area contributed by atoms with E-state index in [1.54, 1.807) is 0 Å². The van der Waals surface area contributed by atoms with Gasteiger partial charge in [-0.05, 0) is 64.7 Å². The largest absolute Gasteiger partial charge is 0.456 e. The molecule has 0 N–H and O–H groups in total. The maximum absolute atomic E-state index is 5.97. The van der Waals surface area contributed by atoms with Crippen molar-refractivity contribution in [1.82, 2.24) is 0 Å². The predicted molar refractivity (Wildman–Crippen MR) is 139 cm³/mol. The summed E-state index contributed by atoms with van der Waals surface area (Å²) in [6.45, 7) is 0. The van der Waals surface area contributed by atoms with E-state index >= 15 is 0 Å². The summed E-state index contributed by atoms with van der Waals surface area (Å²) in [4.78, 5) is 2.21. The highest BCUT2D eigenvalue weighted by Crippen LogP contribution is 2.33. The standard InChI is InChI=1S/C31H23NO/c1-32(26-16-11-23(12-17-26)22-7-3-2-4-8-22)27-18-13-24(14-19-27)25-15-20-31-29(21-25)28-9-5-6-10-30(28)33-31/h2-21H,1H3. The number of hydrogen-bond donors (Lipinski definition) is 0. The van der Waals surface area contributed by atoms with Crippen LogP contribution in [0.1, 0.15) is 0 Å². The molecule has 0 fully saturated rings. The summed E-state index contributed by atoms with van der Waals surface area (Å²) >= 11 is 0. The van der Waals surface area contributed by atoms with Gasteiger partial charge < -0.3 is 9.32 Å². The number of benzene rings is 5. The van der Waals surface area contributed by atoms with Gasteiger partial charge in [-0.3, -0.25) is 0 Å². The Bertz CT molecular complexity index is 1540. The fraction of sp³-hybridized carbons (Fsp3) is 0.0323. The van der Waals surface area contributed by atoms with Gasteiger partial charge in [0.25, 0.3) is 0 Å². The topological polar surface area (TPSA) is 16.4 Å². The van der Waals surface area contributed by atoms with E-state index in [1.165, 1.54) is 22.3 Å². The highest BCUT2D eigenvalue weighted by molar-refractivity contribution is 6.06. The molecule has 2 heteroatoms. The highest BCUT2D eigenvalue weighted by atomic mass is 16.3. The van der Waals surface area contributed by atoms with Crippen LogP contribution in [0.5, 0.6) is 0 Å². The number of para-hydroxylation sites is 1. The Morgan fingerprint density at radius 1 is 0.455 bits per heavy atom. The molecule has 1 heterocycles. The summed E-state index contributed by atoms with van der Waals surface area (Å²) in [6.07, 6.45) is 0. The Labute approximate surface area is 193 Å². The zero-order valence-corrected chi connectivity index (χ0v) is 18.4. The quantitative estimate of drug-likeness (QED) is 0.281. The zero-order chi connectivity index (χ0) is 22.2. The van der Waals surface area contributed by atoms with E-state index in [2.05, 4.69) is 115 Å². The van der Waals surface area contributed by atoms with Crippen LogP contribution in [0.3, 0.4) is 0 Å². The van der Waals surface area contributed by atoms with Crippen LogP contribution in [0, 0.1) is 0 Å². The summed E-state index contributed by atoms with van der Waals surface area (Å²) < 4.78 is 5.97. The third-order valence-corrected chi connectivity index (χ3v) is 6.33. The minimum atomic E-state index is 0.926. The summed E-state index contributed by atoms with van der Waals surface area (Å²) in [5.41, 5.74) is 9.02. The molecule has 6 aromatic rings. The second kappa shape index (κ2) is 7.99. The molecule has 0 aliphatic rings. The molecule has 0 radical (unpaired) electrons. The second-order valence-electron chi connectivity index (χ2n) is 8.33. The average molecular weight is 426 g/mol. The van der Waals surface area contributed by atoms with Crippen molar-refractivity contribution >= 4 is 33.3 Å². The minimum absolute atomic E-state index is 0.926. The van der Waals surface area contributed by atoms with Gasteiger partial charge in [0.1, 0.15) is 11.2 Å². The number of anilines is 2. The predicted octanol–water partition coefficient (Wildman–Crippen LogP) is 8.69. The third-order valence-electron chi connectivity index (χ3n) is 6.33. The van der Waals surface area contributed by atoms with Gasteiger partial charge in [0, 0.05) is 29.2 Å². The van der Waals surface area contributed by atoms with Crippen molar-refractivity contribution in [3.63, 3.8) is 0 Å². The second-order valence-corrected chi connectivity index (χ2v) is 8.33. The van der Waals surface area contributed by atoms with Crippen molar-refractivity contribution < 1.29 is 4.42 Å². The molecule has 0 saturated carbocycles. The smallest absolute Gasteiger partial charge is 0.135 e. The lowest BCUT2D eigenvalue weighted by atomic mass is 10.0. The fourth-order valence-corrected chi connectivity index (χ4v) is 4.44. The van der Waals surface area contributed by atoms with Crippen LogP contribution in [0.25, 0.3) is 44.2 Å². The van der Waals surface area contributed by atoms with Crippen LogP contribution >= 0.6 is 0 Å². The van der Waals surface area contributed by atoms with Crippen LogP contribution in [-0.2, 0) is 0 Å². The third kappa shape index (κ3) is 3.56. The first kappa shape index (κ1) is 19.4. The Morgan fingerprint density at radius 3 is 1.67 bits per heavy atom. The van der Waals surface area contributed by atoms with Crippen molar-refractivity contribution in [1.29, 1.82) is 0 Å². The van der Waals surface area contributed by atoms with E-state index in [0.717, 1.165) is 33.3 Å². The summed E-state index contributed by atoms with van der Waals surface area (Å²) in [7, 11) is 2.11. The number of rotatable bonds is 4. The lowest BCUT2D eigenvalue weighted by molar-refractivity contribution is 0.669. The molecule has 0 bridgehead atoms. The first-order valence-corrected chi connectivity index (χ1v) is 11.2. The molecule has 33 heavy (non-hydrogen) atoms. The molecule has 0 amide bonds. The first-order valence-electron chi connectivity index (χ1n) is 11.2. The number of hydrogen-bond acceptors (Lipinski definition) is 2. The molecule has 0 unspecified atom stereocenters. The number of fused-ring (bicyclic) bond motifs is 3. The Hall–Kier alpha value is -4.30. The molecule has 0 atom stereocenters. The van der Waals surface area contributed by atoms with Crippen LogP contribution in [0.2, 0.25) is 0 Å². The van der Waals surface area contributed by atoms with Gasteiger partial charge in [-0.1, -0.05) is 78.9 Å². The normalized spacial score (nSPS) is 11.2. The molecule has 6 rings (SSSR count). The fourth-order valence-electron chi connectivity index (χ4n) is 4.44. The summed E-state index contributed by atoms with van der Waals surface area (Å²) in [6, 6.07) is 42.5. The molecule has 0 spiro atoms. The zero-order valence-electron chi connectivity index (χ0n) is 18.4. The molecule has 0 saturated heterocycles. The van der Waals surface area contributed by atoms with Crippen LogP contribution in [-0.4, -0.2) is 7.05 Å². The van der Waals surface area contributed by atoms with E-state index in [4.69, 9.17) is 4.42 Å². The van der Waals surface area contributed by atoms with Gasteiger partial charge in [-0.2, -0.15) is 0 Å². The summed E-state index contributed by atoms with van der Waals surface area (Å²) in [5, 5.41) is 2.31. The van der Waals surface area contributed by atoms with Crippen LogP contribution in [0.15, 0.2) is 126 Å². The Balaban J connectivity index is 1.27. The lowest BCUT2D eigenvalue weighted by Gasteiger charge is -2.20. The average Bonchev–Trinajstić information content (AvgIpc) is 3.27. The number of furan rings is 1. The number of nitrogens with zero attached hydrogens (tertiary/aromatic N) is 1. The Morgan fingerprint density at radius 2 is 0.970 bits per heavy atom. The highest BCUT2D eigenvalue weighted by Gasteiger charge is 2.09. The van der Waals surface area contributed by atoms with Crippen molar-refractivity contribution in [3.05, 3.63) is 121 Å². The molecule has 1 aromatic heterocycles. The monoisotopic (exact) mass is 425 g/mol. The molecular formula is C31H23NO. The van der Waals surface area contributed by atoms with Gasteiger partial charge in [0.05, 0.1) is 0 Å². The van der Waals surface area contributed by atoms with Gasteiger partial charge in [-0.15, -0.1) is 0 Å². The molecule has 158 valence electrons. The van der Waals surface area contributed by atoms with Gasteiger partial charge in [-0.25, -0.2) is 0 Å². The SMILES string of the molecule is CN(c1ccc(-c2ccccc2)cc1)c1ccc(-c2ccc3oc4ccccc4c3c2)cc1. The van der Waals surface area contributed by atoms with E-state index in [1.807, 2.05) is 18.2 Å². The van der Waals surface area contributed by atoms with Gasteiger partial charge in [0.15, 0.2) is 0 Å². The van der Waals surface area contributed by atoms with Gasteiger partial charge in [0.2, 0.25) is 0 Å². The van der Waals surface area contributed by atoms with E-state index in [9.17, 15) is 0 Å². The van der Waals surface area contributed by atoms with Crippen LogP contribution < -0.4 is 4.90 Å². The van der Waals surface area contributed by atoms with Gasteiger partial charge >= 0.3 is 0 Å². The molecule has 0 aliphatic heterocycles. The lowest BCUT2D eigenvalue weighted by Crippen LogP contribution is -2.08. The molecule has 2 nitrogen and oxygen atoms in total.